The summed E-state index contributed by atoms with van der Waals surface area (Å²) in [6.07, 6.45) is 3.15. The van der Waals surface area contributed by atoms with E-state index in [1.165, 1.54) is 5.56 Å². The van der Waals surface area contributed by atoms with Crippen molar-refractivity contribution in [3.8, 4) is 0 Å². The summed E-state index contributed by atoms with van der Waals surface area (Å²) in [7, 11) is 0. The van der Waals surface area contributed by atoms with Gasteiger partial charge in [0.05, 0.1) is 6.26 Å². The number of hydrogen-bond acceptors (Lipinski definition) is 3. The smallest absolute Gasteiger partial charge is 0.222 e. The molecule has 0 radical (unpaired) electrons. The van der Waals surface area contributed by atoms with Crippen molar-refractivity contribution in [1.29, 1.82) is 0 Å². The largest absolute Gasteiger partial charge is 0.466 e. The van der Waals surface area contributed by atoms with E-state index in [-0.39, 0.29) is 5.91 Å². The molecule has 1 amide bonds. The Labute approximate surface area is 130 Å². The van der Waals surface area contributed by atoms with Crippen LogP contribution in [0.15, 0.2) is 41.0 Å². The van der Waals surface area contributed by atoms with Crippen molar-refractivity contribution in [2.75, 3.05) is 6.54 Å². The SMILES string of the molecule is CCCC(=O)N1CCc2ccc(C(O)c3ccco3)cc2C1. The molecule has 1 unspecified atom stereocenters. The Morgan fingerprint density at radius 1 is 1.36 bits per heavy atom. The van der Waals surface area contributed by atoms with Gasteiger partial charge in [0, 0.05) is 19.5 Å². The van der Waals surface area contributed by atoms with Gasteiger partial charge in [0.15, 0.2) is 0 Å². The second-order valence-electron chi connectivity index (χ2n) is 5.76. The molecular formula is C18H21NO3. The molecule has 2 heterocycles. The second kappa shape index (κ2) is 6.36. The first-order valence-electron chi connectivity index (χ1n) is 7.80. The molecule has 1 aliphatic heterocycles. The molecule has 1 atom stereocenters. The van der Waals surface area contributed by atoms with Crippen molar-refractivity contribution in [2.24, 2.45) is 0 Å². The highest BCUT2D eigenvalue weighted by molar-refractivity contribution is 5.76. The molecule has 0 saturated carbocycles. The van der Waals surface area contributed by atoms with Crippen LogP contribution in [0.2, 0.25) is 0 Å². The van der Waals surface area contributed by atoms with E-state index in [0.29, 0.717) is 18.7 Å². The van der Waals surface area contributed by atoms with Crippen LogP contribution in [-0.4, -0.2) is 22.5 Å². The van der Waals surface area contributed by atoms with E-state index in [9.17, 15) is 9.90 Å². The summed E-state index contributed by atoms with van der Waals surface area (Å²) in [5, 5.41) is 10.4. The molecule has 1 aromatic heterocycles. The summed E-state index contributed by atoms with van der Waals surface area (Å²) in [6.45, 7) is 3.44. The number of benzene rings is 1. The van der Waals surface area contributed by atoms with Crippen LogP contribution in [0.4, 0.5) is 0 Å². The molecule has 22 heavy (non-hydrogen) atoms. The Hall–Kier alpha value is -2.07. The second-order valence-corrected chi connectivity index (χ2v) is 5.76. The van der Waals surface area contributed by atoms with Gasteiger partial charge in [0.25, 0.3) is 0 Å². The predicted octanol–water partition coefficient (Wildman–Crippen LogP) is 3.05. The van der Waals surface area contributed by atoms with Gasteiger partial charge in [-0.25, -0.2) is 0 Å². The first-order chi connectivity index (χ1) is 10.7. The molecule has 1 N–H and O–H groups in total. The van der Waals surface area contributed by atoms with Gasteiger partial charge in [-0.15, -0.1) is 0 Å². The molecule has 0 spiro atoms. The van der Waals surface area contributed by atoms with E-state index in [1.807, 2.05) is 24.0 Å². The summed E-state index contributed by atoms with van der Waals surface area (Å²) in [5.41, 5.74) is 3.19. The van der Waals surface area contributed by atoms with E-state index in [1.54, 1.807) is 18.4 Å². The first kappa shape index (κ1) is 14.9. The Morgan fingerprint density at radius 2 is 2.23 bits per heavy atom. The zero-order chi connectivity index (χ0) is 15.5. The number of furan rings is 1. The van der Waals surface area contributed by atoms with Gasteiger partial charge in [-0.1, -0.05) is 25.1 Å². The number of aliphatic hydroxyl groups is 1. The minimum Gasteiger partial charge on any atom is -0.466 e. The molecule has 0 fully saturated rings. The van der Waals surface area contributed by atoms with E-state index in [4.69, 9.17) is 4.42 Å². The molecule has 0 saturated heterocycles. The molecule has 4 heteroatoms. The van der Waals surface area contributed by atoms with Gasteiger partial charge in [-0.2, -0.15) is 0 Å². The fraction of sp³-hybridized carbons (Fsp3) is 0.389. The third-order valence-electron chi connectivity index (χ3n) is 4.19. The maximum atomic E-state index is 12.1. The normalized spacial score (nSPS) is 15.5. The van der Waals surface area contributed by atoms with Gasteiger partial charge in [-0.05, 0) is 41.7 Å². The average Bonchev–Trinajstić information content (AvgIpc) is 3.07. The molecule has 3 rings (SSSR count). The lowest BCUT2D eigenvalue weighted by Crippen LogP contribution is -2.35. The fourth-order valence-electron chi connectivity index (χ4n) is 2.94. The van der Waals surface area contributed by atoms with Crippen molar-refractivity contribution in [1.82, 2.24) is 4.90 Å². The highest BCUT2D eigenvalue weighted by Gasteiger charge is 2.22. The van der Waals surface area contributed by atoms with Crippen molar-refractivity contribution in [3.63, 3.8) is 0 Å². The minimum absolute atomic E-state index is 0.213. The van der Waals surface area contributed by atoms with Crippen LogP contribution in [0, 0.1) is 0 Å². The highest BCUT2D eigenvalue weighted by Crippen LogP contribution is 2.27. The third-order valence-corrected chi connectivity index (χ3v) is 4.19. The molecule has 116 valence electrons. The maximum absolute atomic E-state index is 12.1. The lowest BCUT2D eigenvalue weighted by atomic mass is 9.95. The monoisotopic (exact) mass is 299 g/mol. The molecule has 2 aromatic rings. The number of hydrogen-bond donors (Lipinski definition) is 1. The number of carbonyl (C=O) groups excluding carboxylic acids is 1. The van der Waals surface area contributed by atoms with Gasteiger partial charge in [0.1, 0.15) is 11.9 Å². The molecule has 0 bridgehead atoms. The van der Waals surface area contributed by atoms with E-state index >= 15 is 0 Å². The molecule has 4 nitrogen and oxygen atoms in total. The Morgan fingerprint density at radius 3 is 2.95 bits per heavy atom. The summed E-state index contributed by atoms with van der Waals surface area (Å²) >= 11 is 0. The summed E-state index contributed by atoms with van der Waals surface area (Å²) < 4.78 is 5.27. The fourth-order valence-corrected chi connectivity index (χ4v) is 2.94. The minimum atomic E-state index is -0.762. The van der Waals surface area contributed by atoms with Gasteiger partial charge < -0.3 is 14.4 Å². The average molecular weight is 299 g/mol. The van der Waals surface area contributed by atoms with Crippen LogP contribution in [0.25, 0.3) is 0 Å². The van der Waals surface area contributed by atoms with Crippen molar-refractivity contribution < 1.29 is 14.3 Å². The van der Waals surface area contributed by atoms with Crippen LogP contribution >= 0.6 is 0 Å². The topological polar surface area (TPSA) is 53.7 Å². The predicted molar refractivity (Wildman–Crippen MR) is 83.2 cm³/mol. The van der Waals surface area contributed by atoms with Crippen LogP contribution < -0.4 is 0 Å². The van der Waals surface area contributed by atoms with Crippen LogP contribution in [0.5, 0.6) is 0 Å². The number of fused-ring (bicyclic) bond motifs is 1. The number of aliphatic hydroxyl groups excluding tert-OH is 1. The molecule has 0 aliphatic carbocycles. The van der Waals surface area contributed by atoms with Crippen molar-refractivity contribution >= 4 is 5.91 Å². The first-order valence-corrected chi connectivity index (χ1v) is 7.80. The third kappa shape index (κ3) is 2.92. The van der Waals surface area contributed by atoms with Crippen LogP contribution in [0.3, 0.4) is 0 Å². The van der Waals surface area contributed by atoms with Crippen LogP contribution in [0.1, 0.15) is 48.3 Å². The molecule has 1 aromatic carbocycles. The summed E-state index contributed by atoms with van der Waals surface area (Å²) in [4.78, 5) is 14.0. The zero-order valence-electron chi connectivity index (χ0n) is 12.8. The van der Waals surface area contributed by atoms with Crippen LogP contribution in [-0.2, 0) is 17.8 Å². The van der Waals surface area contributed by atoms with E-state index in [0.717, 1.165) is 30.5 Å². The number of rotatable bonds is 4. The standard InChI is InChI=1S/C18H21NO3/c1-2-4-17(20)19-9-8-13-6-7-14(11-15(13)12-19)18(21)16-5-3-10-22-16/h3,5-7,10-11,18,21H,2,4,8-9,12H2,1H3. The highest BCUT2D eigenvalue weighted by atomic mass is 16.4. The number of nitrogens with zero attached hydrogens (tertiary/aromatic N) is 1. The van der Waals surface area contributed by atoms with E-state index < -0.39 is 6.10 Å². The summed E-state index contributed by atoms with van der Waals surface area (Å²) in [5.74, 6) is 0.750. The lowest BCUT2D eigenvalue weighted by molar-refractivity contribution is -0.132. The maximum Gasteiger partial charge on any atom is 0.222 e. The van der Waals surface area contributed by atoms with E-state index in [2.05, 4.69) is 6.07 Å². The molecular weight excluding hydrogens is 278 g/mol. The Kier molecular flexibility index (Phi) is 4.29. The van der Waals surface area contributed by atoms with Gasteiger partial charge in [-0.3, -0.25) is 4.79 Å². The number of carbonyl (C=O) groups is 1. The van der Waals surface area contributed by atoms with Crippen molar-refractivity contribution in [3.05, 3.63) is 59.0 Å². The van der Waals surface area contributed by atoms with Gasteiger partial charge >= 0.3 is 0 Å². The Balaban J connectivity index is 1.81. The lowest BCUT2D eigenvalue weighted by Gasteiger charge is -2.29. The zero-order valence-corrected chi connectivity index (χ0v) is 12.8. The molecule has 1 aliphatic rings. The van der Waals surface area contributed by atoms with Crippen molar-refractivity contribution in [2.45, 2.75) is 38.8 Å². The van der Waals surface area contributed by atoms with Gasteiger partial charge in [0.2, 0.25) is 5.91 Å². The summed E-state index contributed by atoms with van der Waals surface area (Å²) in [6, 6.07) is 9.52. The number of amides is 1. The Bertz CT molecular complexity index is 648. The quantitative estimate of drug-likeness (QED) is 0.944.